The molecule has 0 atom stereocenters. The molecule has 0 spiro atoms. The van der Waals surface area contributed by atoms with E-state index < -0.39 is 0 Å². The Kier molecular flexibility index (Phi) is 6.90. The van der Waals surface area contributed by atoms with Gasteiger partial charge in [-0.3, -0.25) is 4.79 Å². The average Bonchev–Trinajstić information content (AvgIpc) is 2.63. The van der Waals surface area contributed by atoms with Crippen LogP contribution in [0.25, 0.3) is 0 Å². The zero-order chi connectivity index (χ0) is 17.4. The predicted molar refractivity (Wildman–Crippen MR) is 92.2 cm³/mol. The van der Waals surface area contributed by atoms with Crippen LogP contribution < -0.4 is 10.1 Å². The molecule has 0 aliphatic heterocycles. The van der Waals surface area contributed by atoms with E-state index in [1.54, 1.807) is 36.3 Å². The molecule has 0 aromatic heterocycles. The molecule has 6 nitrogen and oxygen atoms in total. The molecule has 2 amide bonds. The van der Waals surface area contributed by atoms with Gasteiger partial charge in [0.2, 0.25) is 0 Å². The molecule has 1 aromatic carbocycles. The second-order valence-corrected chi connectivity index (χ2v) is 5.97. The summed E-state index contributed by atoms with van der Waals surface area (Å²) >= 11 is 0. The SMILES string of the molecule is COC(=O)CCN(C(=O)Nc1ccc(OC)cc1)C1CCCCC1. The van der Waals surface area contributed by atoms with Gasteiger partial charge in [-0.05, 0) is 37.1 Å². The first-order valence-electron chi connectivity index (χ1n) is 8.42. The van der Waals surface area contributed by atoms with E-state index in [1.165, 1.54) is 13.5 Å². The number of anilines is 1. The Balaban J connectivity index is 2.02. The molecule has 1 saturated carbocycles. The second-order valence-electron chi connectivity index (χ2n) is 5.97. The van der Waals surface area contributed by atoms with Crippen LogP contribution in [0.5, 0.6) is 5.75 Å². The van der Waals surface area contributed by atoms with Crippen LogP contribution in [0.3, 0.4) is 0 Å². The van der Waals surface area contributed by atoms with Gasteiger partial charge in [-0.25, -0.2) is 4.79 Å². The van der Waals surface area contributed by atoms with E-state index >= 15 is 0 Å². The first kappa shape index (κ1) is 18.1. The van der Waals surface area contributed by atoms with Crippen molar-refractivity contribution in [2.75, 3.05) is 26.1 Å². The normalized spacial score (nSPS) is 14.8. The van der Waals surface area contributed by atoms with Crippen LogP contribution in [0.4, 0.5) is 10.5 Å². The number of carbonyl (C=O) groups excluding carboxylic acids is 2. The van der Waals surface area contributed by atoms with Crippen molar-refractivity contribution in [1.82, 2.24) is 4.90 Å². The lowest BCUT2D eigenvalue weighted by Gasteiger charge is -2.34. The number of benzene rings is 1. The highest BCUT2D eigenvalue weighted by Gasteiger charge is 2.26. The van der Waals surface area contributed by atoms with Crippen molar-refractivity contribution >= 4 is 17.7 Å². The second kappa shape index (κ2) is 9.15. The standard InChI is InChI=1S/C18H26N2O4/c1-23-16-10-8-14(9-11-16)19-18(22)20(13-12-17(21)24-2)15-6-4-3-5-7-15/h8-11,15H,3-7,12-13H2,1-2H3,(H,19,22). The van der Waals surface area contributed by atoms with E-state index in [1.807, 2.05) is 0 Å². The van der Waals surface area contributed by atoms with Gasteiger partial charge in [0.05, 0.1) is 20.6 Å². The van der Waals surface area contributed by atoms with Gasteiger partial charge in [0.25, 0.3) is 0 Å². The minimum atomic E-state index is -0.298. The summed E-state index contributed by atoms with van der Waals surface area (Å²) in [6.07, 6.45) is 5.63. The van der Waals surface area contributed by atoms with Crippen LogP contribution in [0, 0.1) is 0 Å². The molecule has 2 rings (SSSR count). The Morgan fingerprint density at radius 3 is 2.38 bits per heavy atom. The summed E-state index contributed by atoms with van der Waals surface area (Å²) in [5, 5.41) is 2.91. The third-order valence-electron chi connectivity index (χ3n) is 4.40. The van der Waals surface area contributed by atoms with Crippen LogP contribution >= 0.6 is 0 Å². The third kappa shape index (κ3) is 5.15. The number of nitrogens with zero attached hydrogens (tertiary/aromatic N) is 1. The molecule has 24 heavy (non-hydrogen) atoms. The zero-order valence-corrected chi connectivity index (χ0v) is 14.4. The Labute approximate surface area is 143 Å². The number of hydrogen-bond donors (Lipinski definition) is 1. The monoisotopic (exact) mass is 334 g/mol. The summed E-state index contributed by atoms with van der Waals surface area (Å²) in [7, 11) is 2.97. The van der Waals surface area contributed by atoms with Gasteiger partial charge in [-0.1, -0.05) is 19.3 Å². The molecule has 0 saturated heterocycles. The summed E-state index contributed by atoms with van der Waals surface area (Å²) in [6.45, 7) is 0.374. The van der Waals surface area contributed by atoms with Crippen LogP contribution in [-0.4, -0.2) is 43.7 Å². The molecule has 132 valence electrons. The van der Waals surface area contributed by atoms with Gasteiger partial charge in [0, 0.05) is 18.3 Å². The number of methoxy groups -OCH3 is 2. The quantitative estimate of drug-likeness (QED) is 0.809. The number of rotatable bonds is 6. The highest BCUT2D eigenvalue weighted by atomic mass is 16.5. The minimum absolute atomic E-state index is 0.170. The molecule has 1 aliphatic rings. The maximum Gasteiger partial charge on any atom is 0.322 e. The molecule has 6 heteroatoms. The Morgan fingerprint density at radius 2 is 1.79 bits per heavy atom. The lowest BCUT2D eigenvalue weighted by atomic mass is 9.94. The van der Waals surface area contributed by atoms with Crippen molar-refractivity contribution in [3.63, 3.8) is 0 Å². The average molecular weight is 334 g/mol. The predicted octanol–water partition coefficient (Wildman–Crippen LogP) is 3.42. The molecular formula is C18H26N2O4. The summed E-state index contributed by atoms with van der Waals surface area (Å²) in [6, 6.07) is 7.22. The van der Waals surface area contributed by atoms with Crippen LogP contribution in [0.15, 0.2) is 24.3 Å². The fourth-order valence-electron chi connectivity index (χ4n) is 3.03. The number of hydrogen-bond acceptors (Lipinski definition) is 4. The van der Waals surface area contributed by atoms with Gasteiger partial charge < -0.3 is 19.7 Å². The fourth-order valence-corrected chi connectivity index (χ4v) is 3.03. The Bertz CT molecular complexity index is 538. The molecule has 0 radical (unpaired) electrons. The van der Waals surface area contributed by atoms with E-state index in [0.29, 0.717) is 12.2 Å². The number of ether oxygens (including phenoxy) is 2. The van der Waals surface area contributed by atoms with Crippen molar-refractivity contribution in [2.24, 2.45) is 0 Å². The summed E-state index contributed by atoms with van der Waals surface area (Å²) in [4.78, 5) is 25.9. The van der Waals surface area contributed by atoms with Crippen LogP contribution in [0.2, 0.25) is 0 Å². The van der Waals surface area contributed by atoms with E-state index in [9.17, 15) is 9.59 Å². The first-order valence-corrected chi connectivity index (χ1v) is 8.42. The number of amides is 2. The fraction of sp³-hybridized carbons (Fsp3) is 0.556. The summed E-state index contributed by atoms with van der Waals surface area (Å²) in [5.41, 5.74) is 0.708. The highest BCUT2D eigenvalue weighted by Crippen LogP contribution is 2.24. The third-order valence-corrected chi connectivity index (χ3v) is 4.40. The molecule has 1 fully saturated rings. The van der Waals surface area contributed by atoms with E-state index in [2.05, 4.69) is 5.32 Å². The largest absolute Gasteiger partial charge is 0.497 e. The minimum Gasteiger partial charge on any atom is -0.497 e. The van der Waals surface area contributed by atoms with Crippen LogP contribution in [0.1, 0.15) is 38.5 Å². The maximum atomic E-state index is 12.7. The first-order chi connectivity index (χ1) is 11.6. The molecule has 1 N–H and O–H groups in total. The highest BCUT2D eigenvalue weighted by molar-refractivity contribution is 5.89. The molecule has 0 unspecified atom stereocenters. The molecule has 1 aliphatic carbocycles. The number of urea groups is 1. The van der Waals surface area contributed by atoms with Gasteiger partial charge in [0.15, 0.2) is 0 Å². The Morgan fingerprint density at radius 1 is 1.12 bits per heavy atom. The summed E-state index contributed by atoms with van der Waals surface area (Å²) < 4.78 is 9.82. The van der Waals surface area contributed by atoms with E-state index in [-0.39, 0.29) is 24.5 Å². The van der Waals surface area contributed by atoms with Gasteiger partial charge in [-0.2, -0.15) is 0 Å². The molecule has 0 bridgehead atoms. The van der Waals surface area contributed by atoms with E-state index in [4.69, 9.17) is 9.47 Å². The summed E-state index contributed by atoms with van der Waals surface area (Å²) in [5.74, 6) is 0.441. The zero-order valence-electron chi connectivity index (χ0n) is 14.4. The molecular weight excluding hydrogens is 308 g/mol. The maximum absolute atomic E-state index is 12.7. The van der Waals surface area contributed by atoms with E-state index in [0.717, 1.165) is 31.4 Å². The van der Waals surface area contributed by atoms with Crippen molar-refractivity contribution in [1.29, 1.82) is 0 Å². The topological polar surface area (TPSA) is 67.9 Å². The van der Waals surface area contributed by atoms with Gasteiger partial charge in [0.1, 0.15) is 5.75 Å². The number of nitrogens with one attached hydrogen (secondary N) is 1. The number of carbonyl (C=O) groups is 2. The van der Waals surface area contributed by atoms with Crippen molar-refractivity contribution in [2.45, 2.75) is 44.6 Å². The lowest BCUT2D eigenvalue weighted by Crippen LogP contribution is -2.45. The molecule has 0 heterocycles. The van der Waals surface area contributed by atoms with Crippen molar-refractivity contribution in [3.8, 4) is 5.75 Å². The van der Waals surface area contributed by atoms with Crippen molar-refractivity contribution in [3.05, 3.63) is 24.3 Å². The van der Waals surface area contributed by atoms with Gasteiger partial charge >= 0.3 is 12.0 Å². The van der Waals surface area contributed by atoms with Crippen molar-refractivity contribution < 1.29 is 19.1 Å². The lowest BCUT2D eigenvalue weighted by molar-refractivity contribution is -0.140. The van der Waals surface area contributed by atoms with Crippen LogP contribution in [-0.2, 0) is 9.53 Å². The smallest absolute Gasteiger partial charge is 0.322 e. The molecule has 1 aromatic rings. The Hall–Kier alpha value is -2.24. The number of esters is 1. The van der Waals surface area contributed by atoms with Gasteiger partial charge in [-0.15, -0.1) is 0 Å².